The smallest absolute Gasteiger partial charge is 0.357 e. The lowest BCUT2D eigenvalue weighted by atomic mass is 9.85. The third kappa shape index (κ3) is 5.87. The number of allylic oxidation sites excluding steroid dienone is 1. The van der Waals surface area contributed by atoms with E-state index >= 15 is 0 Å². The molecule has 2 aliphatic heterocycles. The van der Waals surface area contributed by atoms with Crippen molar-refractivity contribution in [1.29, 1.82) is 0 Å². The lowest BCUT2D eigenvalue weighted by Crippen LogP contribution is -2.42. The van der Waals surface area contributed by atoms with Crippen LogP contribution in [0.25, 0.3) is 0 Å². The fraction of sp³-hybridized carbons (Fsp3) is 0.357. The van der Waals surface area contributed by atoms with Crippen molar-refractivity contribution >= 4 is 51.0 Å². The molecule has 1 N–H and O–H groups in total. The van der Waals surface area contributed by atoms with E-state index in [9.17, 15) is 14.0 Å². The van der Waals surface area contributed by atoms with Crippen LogP contribution in [0.3, 0.4) is 0 Å². The maximum atomic E-state index is 14.6. The molecule has 2 aromatic heterocycles. The van der Waals surface area contributed by atoms with Crippen molar-refractivity contribution in [2.45, 2.75) is 32.7 Å². The first-order valence-corrected chi connectivity index (χ1v) is 14.8. The van der Waals surface area contributed by atoms with Crippen molar-refractivity contribution in [3.63, 3.8) is 0 Å². The van der Waals surface area contributed by atoms with Crippen LogP contribution < -0.4 is 10.2 Å². The number of thiazole rings is 1. The van der Waals surface area contributed by atoms with Gasteiger partial charge < -0.3 is 19.7 Å². The van der Waals surface area contributed by atoms with Crippen LogP contribution in [0.15, 0.2) is 56.7 Å². The Bertz CT molecular complexity index is 1520. The van der Waals surface area contributed by atoms with Crippen LogP contribution in [-0.4, -0.2) is 59.5 Å². The van der Waals surface area contributed by atoms with Crippen LogP contribution in [0, 0.1) is 18.7 Å². The first-order chi connectivity index (χ1) is 19.8. The number of nitrogens with zero attached hydrogens (tertiary/aromatic N) is 5. The number of methoxy groups -OCH3 is 1. The van der Waals surface area contributed by atoms with Crippen LogP contribution in [0.2, 0.25) is 0 Å². The molecule has 0 bridgehead atoms. The molecular formula is C28H28BrFN6O4S. The fourth-order valence-corrected chi connectivity index (χ4v) is 6.06. The van der Waals surface area contributed by atoms with E-state index in [0.29, 0.717) is 65.1 Å². The Hall–Kier alpha value is -3.71. The van der Waals surface area contributed by atoms with Gasteiger partial charge in [-0.2, -0.15) is 0 Å². The molecule has 1 unspecified atom stereocenters. The minimum absolute atomic E-state index is 0.0735. The first kappa shape index (κ1) is 28.8. The Labute approximate surface area is 248 Å². The van der Waals surface area contributed by atoms with Gasteiger partial charge in [0.05, 0.1) is 23.8 Å². The number of piperidine rings is 1. The quantitative estimate of drug-likeness (QED) is 0.364. The minimum atomic E-state index is -0.812. The van der Waals surface area contributed by atoms with Gasteiger partial charge in [0.15, 0.2) is 16.5 Å². The van der Waals surface area contributed by atoms with Gasteiger partial charge >= 0.3 is 11.9 Å². The van der Waals surface area contributed by atoms with E-state index in [1.807, 2.05) is 10.3 Å². The highest BCUT2D eigenvalue weighted by Gasteiger charge is 2.38. The molecule has 2 aliphatic rings. The van der Waals surface area contributed by atoms with E-state index in [-0.39, 0.29) is 22.7 Å². The predicted molar refractivity (Wildman–Crippen MR) is 155 cm³/mol. The topological polar surface area (TPSA) is 119 Å². The summed E-state index contributed by atoms with van der Waals surface area (Å²) in [6.45, 7) is 4.93. The summed E-state index contributed by atoms with van der Waals surface area (Å²) in [5.74, 6) is -0.595. The number of carbonyl (C=O) groups excluding carboxylic acids is 2. The summed E-state index contributed by atoms with van der Waals surface area (Å²) in [5.41, 5.74) is 2.40. The molecule has 214 valence electrons. The van der Waals surface area contributed by atoms with Gasteiger partial charge in [-0.05, 0) is 54.2 Å². The fourth-order valence-electron chi connectivity index (χ4n) is 4.99. The summed E-state index contributed by atoms with van der Waals surface area (Å²) in [7, 11) is 1.32. The van der Waals surface area contributed by atoms with Gasteiger partial charge in [0.2, 0.25) is 5.95 Å². The van der Waals surface area contributed by atoms with Gasteiger partial charge in [0.1, 0.15) is 11.9 Å². The highest BCUT2D eigenvalue weighted by atomic mass is 79.9. The predicted octanol–water partition coefficient (Wildman–Crippen LogP) is 4.75. The van der Waals surface area contributed by atoms with Crippen LogP contribution in [-0.2, 0) is 14.3 Å². The van der Waals surface area contributed by atoms with E-state index in [1.54, 1.807) is 38.4 Å². The second-order valence-electron chi connectivity index (χ2n) is 9.49. The summed E-state index contributed by atoms with van der Waals surface area (Å²) < 4.78 is 25.2. The van der Waals surface area contributed by atoms with Gasteiger partial charge in [-0.25, -0.2) is 28.9 Å². The van der Waals surface area contributed by atoms with E-state index in [2.05, 4.69) is 36.2 Å². The van der Waals surface area contributed by atoms with Gasteiger partial charge in [-0.1, -0.05) is 12.1 Å². The number of hydrogen-bond acceptors (Lipinski definition) is 11. The molecule has 0 spiro atoms. The van der Waals surface area contributed by atoms with Crippen molar-refractivity contribution in [3.8, 4) is 0 Å². The number of aromatic nitrogens is 3. The number of aryl methyl sites for hydroxylation is 1. The van der Waals surface area contributed by atoms with Crippen molar-refractivity contribution in [3.05, 3.63) is 79.4 Å². The zero-order chi connectivity index (χ0) is 29.1. The molecule has 0 radical (unpaired) electrons. The van der Waals surface area contributed by atoms with Crippen LogP contribution in [0.1, 0.15) is 52.4 Å². The molecule has 1 saturated heterocycles. The SMILES string of the molecule is CCOC(=O)c1nc(N2CCC(C3=C(C(=O)OC)C(c4cccc(F)c4Br)N=C(c4nccs4)N3)CC2)ncc1C. The summed E-state index contributed by atoms with van der Waals surface area (Å²) in [6.07, 6.45) is 4.61. The Morgan fingerprint density at radius 1 is 1.22 bits per heavy atom. The number of nitrogens with one attached hydrogen (secondary N) is 1. The highest BCUT2D eigenvalue weighted by molar-refractivity contribution is 9.10. The molecule has 1 fully saturated rings. The van der Waals surface area contributed by atoms with E-state index < -0.39 is 23.8 Å². The third-order valence-electron chi connectivity index (χ3n) is 7.00. The molecule has 13 heteroatoms. The molecule has 1 atom stereocenters. The summed E-state index contributed by atoms with van der Waals surface area (Å²) in [6, 6.07) is 3.87. The minimum Gasteiger partial charge on any atom is -0.466 e. The molecule has 0 aliphatic carbocycles. The second kappa shape index (κ2) is 12.4. The van der Waals surface area contributed by atoms with Crippen molar-refractivity contribution in [2.75, 3.05) is 31.7 Å². The van der Waals surface area contributed by atoms with Crippen LogP contribution >= 0.6 is 27.3 Å². The molecule has 5 rings (SSSR count). The highest BCUT2D eigenvalue weighted by Crippen LogP contribution is 2.40. The molecule has 10 nitrogen and oxygen atoms in total. The zero-order valence-electron chi connectivity index (χ0n) is 22.7. The Balaban J connectivity index is 1.48. The zero-order valence-corrected chi connectivity index (χ0v) is 25.1. The van der Waals surface area contributed by atoms with E-state index in [4.69, 9.17) is 14.5 Å². The number of amidine groups is 1. The molecule has 41 heavy (non-hydrogen) atoms. The largest absolute Gasteiger partial charge is 0.466 e. The van der Waals surface area contributed by atoms with E-state index in [0.717, 1.165) is 0 Å². The number of aliphatic imine (C=N–C) groups is 1. The first-order valence-electron chi connectivity index (χ1n) is 13.1. The average molecular weight is 644 g/mol. The van der Waals surface area contributed by atoms with Crippen LogP contribution in [0.4, 0.5) is 10.3 Å². The molecule has 4 heterocycles. The normalized spacial score (nSPS) is 17.6. The maximum Gasteiger partial charge on any atom is 0.357 e. The van der Waals surface area contributed by atoms with Crippen molar-refractivity contribution < 1.29 is 23.5 Å². The van der Waals surface area contributed by atoms with Gasteiger partial charge in [0, 0.05) is 48.0 Å². The number of anilines is 1. The van der Waals surface area contributed by atoms with Gasteiger partial charge in [-0.15, -0.1) is 11.3 Å². The molecule has 0 amide bonds. The molecule has 0 saturated carbocycles. The summed E-state index contributed by atoms with van der Waals surface area (Å²) in [4.78, 5) is 45.9. The molecular weight excluding hydrogens is 615 g/mol. The Morgan fingerprint density at radius 3 is 2.68 bits per heavy atom. The van der Waals surface area contributed by atoms with E-state index in [1.165, 1.54) is 24.5 Å². The van der Waals surface area contributed by atoms with Crippen molar-refractivity contribution in [1.82, 2.24) is 20.3 Å². The monoisotopic (exact) mass is 642 g/mol. The Kier molecular flexibility index (Phi) is 8.74. The number of benzene rings is 1. The standard InChI is InChI=1S/C28H28BrFN6O4S/c1-4-40-27(38)21-15(2)14-32-28(35-21)36-11-8-16(9-12-36)22-19(26(37)39-3)23(17-6-5-7-18(30)20(17)29)34-24(33-22)25-31-10-13-41-25/h5-7,10,13-14,16,23H,4,8-9,11-12H2,1-3H3,(H,33,34). The lowest BCUT2D eigenvalue weighted by Gasteiger charge is -2.36. The number of rotatable bonds is 7. The second-order valence-corrected chi connectivity index (χ2v) is 11.2. The van der Waals surface area contributed by atoms with Crippen LogP contribution in [0.5, 0.6) is 0 Å². The molecule has 3 aromatic rings. The number of esters is 2. The summed E-state index contributed by atoms with van der Waals surface area (Å²) >= 11 is 4.77. The average Bonchev–Trinajstić information content (AvgIpc) is 3.53. The molecule has 1 aromatic carbocycles. The number of carbonyl (C=O) groups is 2. The Morgan fingerprint density at radius 2 is 2.00 bits per heavy atom. The number of halogens is 2. The maximum absolute atomic E-state index is 14.6. The third-order valence-corrected chi connectivity index (χ3v) is 8.62. The summed E-state index contributed by atoms with van der Waals surface area (Å²) in [5, 5.41) is 5.88. The van der Waals surface area contributed by atoms with Gasteiger partial charge in [0.25, 0.3) is 0 Å². The lowest BCUT2D eigenvalue weighted by molar-refractivity contribution is -0.136. The van der Waals surface area contributed by atoms with Gasteiger partial charge in [-0.3, -0.25) is 4.99 Å². The van der Waals surface area contributed by atoms with Crippen molar-refractivity contribution in [2.24, 2.45) is 10.9 Å². The number of hydrogen-bond donors (Lipinski definition) is 1. The number of ether oxygens (including phenoxy) is 2.